The normalized spacial score (nSPS) is 23.4. The summed E-state index contributed by atoms with van der Waals surface area (Å²) in [6, 6.07) is 9.88. The first-order valence-corrected chi connectivity index (χ1v) is 9.18. The van der Waals surface area contributed by atoms with Crippen LogP contribution in [0.2, 0.25) is 0 Å². The average Bonchev–Trinajstić information content (AvgIpc) is 3.17. The Hall–Kier alpha value is -2.18. The van der Waals surface area contributed by atoms with Gasteiger partial charge in [-0.15, -0.1) is 0 Å². The Morgan fingerprint density at radius 1 is 1.19 bits per heavy atom. The molecule has 2 aliphatic heterocycles. The Morgan fingerprint density at radius 3 is 2.88 bits per heavy atom. The molecule has 1 aromatic carbocycles. The average molecular weight is 358 g/mol. The van der Waals surface area contributed by atoms with Crippen molar-refractivity contribution >= 4 is 5.91 Å². The van der Waals surface area contributed by atoms with Crippen molar-refractivity contribution in [3.63, 3.8) is 0 Å². The third kappa shape index (κ3) is 3.81. The molecule has 1 aromatic heterocycles. The van der Waals surface area contributed by atoms with Gasteiger partial charge in [-0.1, -0.05) is 6.42 Å². The van der Waals surface area contributed by atoms with Gasteiger partial charge in [-0.05, 0) is 55.8 Å². The molecule has 1 N–H and O–H groups in total. The van der Waals surface area contributed by atoms with E-state index in [2.05, 4.69) is 10.2 Å². The summed E-state index contributed by atoms with van der Waals surface area (Å²) in [6.07, 6.45) is 3.74. The number of hydrogen-bond acceptors (Lipinski definition) is 4. The molecule has 2 atom stereocenters. The number of benzene rings is 1. The lowest BCUT2D eigenvalue weighted by Gasteiger charge is -2.42. The minimum Gasteiger partial charge on any atom is -0.451 e. The van der Waals surface area contributed by atoms with E-state index in [9.17, 15) is 9.18 Å². The van der Waals surface area contributed by atoms with Crippen LogP contribution in [0, 0.1) is 5.82 Å². The summed E-state index contributed by atoms with van der Waals surface area (Å²) < 4.78 is 24.5. The summed E-state index contributed by atoms with van der Waals surface area (Å²) in [6.45, 7) is 3.20. The molecule has 0 bridgehead atoms. The lowest BCUT2D eigenvalue weighted by molar-refractivity contribution is -0.0726. The van der Waals surface area contributed by atoms with Crippen LogP contribution in [0.4, 0.5) is 4.39 Å². The second kappa shape index (κ2) is 7.60. The van der Waals surface area contributed by atoms with Gasteiger partial charge in [-0.25, -0.2) is 4.39 Å². The summed E-state index contributed by atoms with van der Waals surface area (Å²) in [5.41, 5.74) is 0.734. The molecule has 1 amide bonds. The van der Waals surface area contributed by atoms with Gasteiger partial charge in [0, 0.05) is 24.7 Å². The zero-order valence-electron chi connectivity index (χ0n) is 14.6. The highest BCUT2D eigenvalue weighted by Gasteiger charge is 2.30. The van der Waals surface area contributed by atoms with E-state index in [1.165, 1.54) is 31.4 Å². The van der Waals surface area contributed by atoms with Crippen LogP contribution >= 0.6 is 0 Å². The monoisotopic (exact) mass is 358 g/mol. The van der Waals surface area contributed by atoms with E-state index in [4.69, 9.17) is 9.15 Å². The molecule has 2 saturated heterocycles. The molecule has 0 spiro atoms. The Bertz CT molecular complexity index is 759. The van der Waals surface area contributed by atoms with E-state index >= 15 is 0 Å². The van der Waals surface area contributed by atoms with Gasteiger partial charge < -0.3 is 14.5 Å². The van der Waals surface area contributed by atoms with E-state index < -0.39 is 0 Å². The Labute approximate surface area is 152 Å². The van der Waals surface area contributed by atoms with Crippen molar-refractivity contribution in [2.24, 2.45) is 0 Å². The predicted octanol–water partition coefficient (Wildman–Crippen LogP) is 3.07. The molecular formula is C20H23FN2O3. The molecule has 0 saturated carbocycles. The number of piperidine rings is 1. The molecule has 3 heterocycles. The highest BCUT2D eigenvalue weighted by atomic mass is 19.1. The summed E-state index contributed by atoms with van der Waals surface area (Å²) in [5, 5.41) is 2.89. The van der Waals surface area contributed by atoms with E-state index in [-0.39, 0.29) is 23.6 Å². The minimum absolute atomic E-state index is 0.0137. The number of carbonyl (C=O) groups is 1. The Balaban J connectivity index is 1.32. The molecule has 138 valence electrons. The lowest BCUT2D eigenvalue weighted by atomic mass is 10.0. The van der Waals surface area contributed by atoms with E-state index in [1.54, 1.807) is 24.3 Å². The number of furan rings is 1. The lowest BCUT2D eigenvalue weighted by Crippen LogP contribution is -2.54. The number of fused-ring (bicyclic) bond motifs is 1. The number of ether oxygens (including phenoxy) is 1. The van der Waals surface area contributed by atoms with Crippen LogP contribution in [-0.2, 0) is 4.74 Å². The number of amides is 1. The maximum absolute atomic E-state index is 13.0. The van der Waals surface area contributed by atoms with Gasteiger partial charge >= 0.3 is 0 Å². The van der Waals surface area contributed by atoms with Crippen molar-refractivity contribution < 1.29 is 18.3 Å². The molecular weight excluding hydrogens is 335 g/mol. The second-order valence-corrected chi connectivity index (χ2v) is 6.98. The maximum atomic E-state index is 13.0. The number of morpholine rings is 1. The van der Waals surface area contributed by atoms with Gasteiger partial charge in [0.25, 0.3) is 5.91 Å². The predicted molar refractivity (Wildman–Crippen MR) is 95.4 cm³/mol. The fourth-order valence-corrected chi connectivity index (χ4v) is 3.70. The first kappa shape index (κ1) is 17.2. The Kier molecular flexibility index (Phi) is 5.04. The summed E-state index contributed by atoms with van der Waals surface area (Å²) >= 11 is 0. The third-order valence-electron chi connectivity index (χ3n) is 5.16. The van der Waals surface area contributed by atoms with Crippen LogP contribution in [0.5, 0.6) is 0 Å². The molecule has 2 fully saturated rings. The molecule has 5 nitrogen and oxygen atoms in total. The van der Waals surface area contributed by atoms with Gasteiger partial charge in [0.1, 0.15) is 11.6 Å². The molecule has 0 unspecified atom stereocenters. The number of halogens is 1. The van der Waals surface area contributed by atoms with Crippen molar-refractivity contribution in [3.8, 4) is 11.3 Å². The molecule has 6 heteroatoms. The fourth-order valence-electron chi connectivity index (χ4n) is 3.70. The van der Waals surface area contributed by atoms with Crippen molar-refractivity contribution in [1.29, 1.82) is 0 Å². The van der Waals surface area contributed by atoms with Crippen molar-refractivity contribution in [3.05, 3.63) is 48.0 Å². The third-order valence-corrected chi connectivity index (χ3v) is 5.16. The first-order valence-electron chi connectivity index (χ1n) is 9.18. The highest BCUT2D eigenvalue weighted by molar-refractivity contribution is 5.92. The molecule has 2 aliphatic rings. The Morgan fingerprint density at radius 2 is 2.04 bits per heavy atom. The first-order chi connectivity index (χ1) is 12.7. The quantitative estimate of drug-likeness (QED) is 0.913. The van der Waals surface area contributed by atoms with Gasteiger partial charge in [0.15, 0.2) is 5.76 Å². The molecule has 26 heavy (non-hydrogen) atoms. The van der Waals surface area contributed by atoms with Crippen LogP contribution < -0.4 is 5.32 Å². The smallest absolute Gasteiger partial charge is 0.287 e. The van der Waals surface area contributed by atoms with Crippen molar-refractivity contribution in [2.45, 2.75) is 31.4 Å². The topological polar surface area (TPSA) is 54.7 Å². The van der Waals surface area contributed by atoms with Crippen LogP contribution in [0.1, 0.15) is 29.8 Å². The molecule has 4 rings (SSSR count). The number of rotatable bonds is 4. The van der Waals surface area contributed by atoms with Crippen molar-refractivity contribution in [2.75, 3.05) is 26.2 Å². The minimum atomic E-state index is -0.304. The summed E-state index contributed by atoms with van der Waals surface area (Å²) in [4.78, 5) is 14.8. The van der Waals surface area contributed by atoms with Gasteiger partial charge in [-0.3, -0.25) is 9.69 Å². The zero-order chi connectivity index (χ0) is 17.9. The van der Waals surface area contributed by atoms with Crippen LogP contribution in [0.15, 0.2) is 40.8 Å². The summed E-state index contributed by atoms with van der Waals surface area (Å²) in [7, 11) is 0. The summed E-state index contributed by atoms with van der Waals surface area (Å²) in [5.74, 6) is 0.223. The number of nitrogens with one attached hydrogen (secondary N) is 1. The molecule has 2 aromatic rings. The van der Waals surface area contributed by atoms with Crippen LogP contribution in [0.25, 0.3) is 11.3 Å². The van der Waals surface area contributed by atoms with Crippen LogP contribution in [-0.4, -0.2) is 49.2 Å². The van der Waals surface area contributed by atoms with Gasteiger partial charge in [-0.2, -0.15) is 0 Å². The van der Waals surface area contributed by atoms with E-state index in [1.807, 2.05) is 0 Å². The number of nitrogens with zero attached hydrogens (tertiary/aromatic N) is 1. The molecule has 0 aliphatic carbocycles. The molecule has 0 radical (unpaired) electrons. The van der Waals surface area contributed by atoms with Crippen molar-refractivity contribution in [1.82, 2.24) is 10.2 Å². The van der Waals surface area contributed by atoms with Crippen LogP contribution in [0.3, 0.4) is 0 Å². The van der Waals surface area contributed by atoms with E-state index in [0.29, 0.717) is 18.3 Å². The standard InChI is InChI=1S/C20H23FN2O3/c21-15-6-4-14(5-7-15)18-8-9-19(26-18)20(24)22-11-17-12-23-10-2-1-3-16(23)13-25-17/h4-9,16-17H,1-3,10-13H2,(H,22,24)/t16-,17-/m0/s1. The van der Waals surface area contributed by atoms with Gasteiger partial charge in [0.05, 0.1) is 12.7 Å². The number of hydrogen-bond donors (Lipinski definition) is 1. The SMILES string of the molecule is O=C(NC[C@H]1CN2CCCC[C@H]2CO1)c1ccc(-c2ccc(F)cc2)o1. The number of carbonyl (C=O) groups excluding carboxylic acids is 1. The zero-order valence-corrected chi connectivity index (χ0v) is 14.6. The second-order valence-electron chi connectivity index (χ2n) is 6.98. The highest BCUT2D eigenvalue weighted by Crippen LogP contribution is 2.23. The fraction of sp³-hybridized carbons (Fsp3) is 0.450. The van der Waals surface area contributed by atoms with Gasteiger partial charge in [0.2, 0.25) is 0 Å². The van der Waals surface area contributed by atoms with E-state index in [0.717, 1.165) is 25.3 Å². The largest absolute Gasteiger partial charge is 0.451 e. The maximum Gasteiger partial charge on any atom is 0.287 e.